The largest absolute Gasteiger partial charge is 0.417 e. The Labute approximate surface area is 188 Å². The molecule has 2 rings (SSSR count). The van der Waals surface area contributed by atoms with Crippen LogP contribution in [0.25, 0.3) is 0 Å². The van der Waals surface area contributed by atoms with E-state index in [0.717, 1.165) is 17.8 Å². The minimum Gasteiger partial charge on any atom is -0.396 e. The first kappa shape index (κ1) is 27.1. The molecule has 1 aliphatic rings. The fourth-order valence-electron chi connectivity index (χ4n) is 3.29. The SMILES string of the molecule is CCSc1cc(C(F)(F)F)cnc1C(CC)N(CC(F)(F)F)C1=NCC(C(F)(F)F)C=C1N. The Balaban J connectivity index is 2.57. The van der Waals surface area contributed by atoms with Gasteiger partial charge in [-0.05, 0) is 24.3 Å². The molecule has 1 aromatic heterocycles. The first-order valence-corrected chi connectivity index (χ1v) is 10.7. The highest BCUT2D eigenvalue weighted by Crippen LogP contribution is 2.39. The highest BCUT2D eigenvalue weighted by molar-refractivity contribution is 7.99. The summed E-state index contributed by atoms with van der Waals surface area (Å²) in [6.07, 6.45) is -13.1. The van der Waals surface area contributed by atoms with Crippen molar-refractivity contribution in [3.05, 3.63) is 35.3 Å². The molecule has 2 N–H and O–H groups in total. The van der Waals surface area contributed by atoms with Gasteiger partial charge in [-0.3, -0.25) is 9.98 Å². The molecule has 2 heterocycles. The van der Waals surface area contributed by atoms with E-state index in [1.165, 1.54) is 6.92 Å². The van der Waals surface area contributed by atoms with Gasteiger partial charge in [-0.25, -0.2) is 0 Å². The number of hydrogen-bond acceptors (Lipinski definition) is 5. The summed E-state index contributed by atoms with van der Waals surface area (Å²) in [7, 11) is 0. The zero-order chi connectivity index (χ0) is 25.2. The Hall–Kier alpha value is -2.12. The summed E-state index contributed by atoms with van der Waals surface area (Å²) in [6.45, 7) is 0.637. The van der Waals surface area contributed by atoms with Crippen LogP contribution in [0.15, 0.2) is 33.9 Å². The minimum atomic E-state index is -4.80. The molecule has 186 valence electrons. The molecule has 0 radical (unpaired) electrons. The number of halogens is 9. The van der Waals surface area contributed by atoms with Crippen LogP contribution < -0.4 is 5.73 Å². The lowest BCUT2D eigenvalue weighted by Gasteiger charge is -2.36. The molecule has 4 nitrogen and oxygen atoms in total. The van der Waals surface area contributed by atoms with Crippen molar-refractivity contribution < 1.29 is 39.5 Å². The number of nitrogens with two attached hydrogens (primary N) is 1. The van der Waals surface area contributed by atoms with Crippen LogP contribution in [0.5, 0.6) is 0 Å². The maximum Gasteiger partial charge on any atom is 0.417 e. The van der Waals surface area contributed by atoms with E-state index in [2.05, 4.69) is 9.98 Å². The molecular formula is C19H21F9N4S. The van der Waals surface area contributed by atoms with Crippen molar-refractivity contribution in [3.8, 4) is 0 Å². The molecule has 33 heavy (non-hydrogen) atoms. The number of pyridine rings is 1. The first-order chi connectivity index (χ1) is 15.1. The van der Waals surface area contributed by atoms with Gasteiger partial charge in [0.25, 0.3) is 0 Å². The van der Waals surface area contributed by atoms with Gasteiger partial charge in [-0.15, -0.1) is 11.8 Å². The van der Waals surface area contributed by atoms with Crippen molar-refractivity contribution in [1.29, 1.82) is 0 Å². The van der Waals surface area contributed by atoms with E-state index >= 15 is 0 Å². The van der Waals surface area contributed by atoms with Crippen LogP contribution in [0.1, 0.15) is 37.6 Å². The standard InChI is InChI=1S/C19H21F9N4S/c1-3-13(15-14(33-4-2)6-11(7-30-15)19(26,27)28)32(9-17(20,21)22)16-12(29)5-10(8-31-16)18(23,24)25/h5-7,10,13H,3-4,8-9,29H2,1-2H3. The lowest BCUT2D eigenvalue weighted by Crippen LogP contribution is -2.46. The van der Waals surface area contributed by atoms with E-state index in [1.807, 2.05) is 0 Å². The van der Waals surface area contributed by atoms with Crippen molar-refractivity contribution in [1.82, 2.24) is 9.88 Å². The number of aromatic nitrogens is 1. The number of amidine groups is 1. The Kier molecular flexibility index (Phi) is 8.23. The van der Waals surface area contributed by atoms with E-state index in [1.54, 1.807) is 6.92 Å². The summed E-state index contributed by atoms with van der Waals surface area (Å²) < 4.78 is 119. The Morgan fingerprint density at radius 3 is 2.21 bits per heavy atom. The topological polar surface area (TPSA) is 54.5 Å². The quantitative estimate of drug-likeness (QED) is 0.381. The average Bonchev–Trinajstić information content (AvgIpc) is 2.66. The van der Waals surface area contributed by atoms with Crippen LogP contribution in [0.3, 0.4) is 0 Å². The molecular weight excluding hydrogens is 487 g/mol. The smallest absolute Gasteiger partial charge is 0.396 e. The highest BCUT2D eigenvalue weighted by Gasteiger charge is 2.43. The molecule has 0 saturated carbocycles. The van der Waals surface area contributed by atoms with Gasteiger partial charge in [0.15, 0.2) is 0 Å². The number of aliphatic imine (C=N–C) groups is 1. The average molecular weight is 508 g/mol. The molecule has 0 aliphatic carbocycles. The second kappa shape index (κ2) is 10.0. The van der Waals surface area contributed by atoms with Crippen molar-refractivity contribution >= 4 is 17.6 Å². The second-order valence-corrected chi connectivity index (χ2v) is 8.45. The van der Waals surface area contributed by atoms with Gasteiger partial charge in [-0.1, -0.05) is 13.8 Å². The van der Waals surface area contributed by atoms with Gasteiger partial charge in [-0.2, -0.15) is 39.5 Å². The molecule has 2 atom stereocenters. The fraction of sp³-hybridized carbons (Fsp3) is 0.579. The zero-order valence-electron chi connectivity index (χ0n) is 17.4. The molecule has 1 aromatic rings. The van der Waals surface area contributed by atoms with Crippen molar-refractivity contribution in [2.45, 2.75) is 49.7 Å². The van der Waals surface area contributed by atoms with E-state index in [9.17, 15) is 39.5 Å². The third kappa shape index (κ3) is 6.93. The Morgan fingerprint density at radius 1 is 1.12 bits per heavy atom. The molecule has 0 fully saturated rings. The zero-order valence-corrected chi connectivity index (χ0v) is 18.3. The Bertz CT molecular complexity index is 891. The van der Waals surface area contributed by atoms with Gasteiger partial charge >= 0.3 is 18.5 Å². The number of dihydropyridines is 1. The predicted octanol–water partition coefficient (Wildman–Crippen LogP) is 5.96. The Morgan fingerprint density at radius 2 is 1.76 bits per heavy atom. The second-order valence-electron chi connectivity index (χ2n) is 7.14. The number of hydrogen-bond donors (Lipinski definition) is 1. The van der Waals surface area contributed by atoms with Crippen molar-refractivity contribution in [2.24, 2.45) is 16.6 Å². The number of nitrogens with zero attached hydrogens (tertiary/aromatic N) is 3. The minimum absolute atomic E-state index is 0.0125. The van der Waals surface area contributed by atoms with E-state index < -0.39 is 60.7 Å². The van der Waals surface area contributed by atoms with Crippen LogP contribution in [-0.4, -0.2) is 46.9 Å². The molecule has 0 aromatic carbocycles. The van der Waals surface area contributed by atoms with Gasteiger partial charge in [0.05, 0.1) is 35.5 Å². The first-order valence-electron chi connectivity index (χ1n) is 9.70. The lowest BCUT2D eigenvalue weighted by molar-refractivity contribution is -0.159. The fourth-order valence-corrected chi connectivity index (χ4v) is 4.15. The van der Waals surface area contributed by atoms with Crippen LogP contribution in [0, 0.1) is 5.92 Å². The van der Waals surface area contributed by atoms with Gasteiger partial charge < -0.3 is 10.6 Å². The third-order valence-corrected chi connectivity index (χ3v) is 5.63. The maximum absolute atomic E-state index is 13.4. The molecule has 0 amide bonds. The summed E-state index contributed by atoms with van der Waals surface area (Å²) in [5, 5.41) is 0. The number of rotatable bonds is 6. The number of alkyl halides is 9. The van der Waals surface area contributed by atoms with Crippen molar-refractivity contribution in [2.75, 3.05) is 18.8 Å². The van der Waals surface area contributed by atoms with Crippen LogP contribution in [0.2, 0.25) is 0 Å². The predicted molar refractivity (Wildman–Crippen MR) is 106 cm³/mol. The van der Waals surface area contributed by atoms with Gasteiger partial charge in [0, 0.05) is 11.1 Å². The molecule has 1 aliphatic heterocycles. The van der Waals surface area contributed by atoms with Crippen LogP contribution in [-0.2, 0) is 6.18 Å². The summed E-state index contributed by atoms with van der Waals surface area (Å²) >= 11 is 0.958. The maximum atomic E-state index is 13.4. The summed E-state index contributed by atoms with van der Waals surface area (Å²) in [4.78, 5) is 8.17. The lowest BCUT2D eigenvalue weighted by atomic mass is 10.0. The summed E-state index contributed by atoms with van der Waals surface area (Å²) in [5.41, 5.74) is 3.94. The van der Waals surface area contributed by atoms with Crippen molar-refractivity contribution in [3.63, 3.8) is 0 Å². The molecule has 14 heteroatoms. The van der Waals surface area contributed by atoms with Crippen LogP contribution >= 0.6 is 11.8 Å². The summed E-state index contributed by atoms with van der Waals surface area (Å²) in [5.74, 6) is -2.25. The van der Waals surface area contributed by atoms with Gasteiger partial charge in [0.1, 0.15) is 12.4 Å². The van der Waals surface area contributed by atoms with Gasteiger partial charge in [0.2, 0.25) is 0 Å². The number of thioether (sulfide) groups is 1. The van der Waals surface area contributed by atoms with E-state index in [-0.39, 0.29) is 17.0 Å². The molecule has 0 saturated heterocycles. The third-order valence-electron chi connectivity index (χ3n) is 4.71. The van der Waals surface area contributed by atoms with E-state index in [4.69, 9.17) is 5.73 Å². The molecule has 0 bridgehead atoms. The normalized spacial score (nSPS) is 18.6. The van der Waals surface area contributed by atoms with E-state index in [0.29, 0.717) is 22.9 Å². The molecule has 2 unspecified atom stereocenters. The highest BCUT2D eigenvalue weighted by atomic mass is 32.2. The monoisotopic (exact) mass is 508 g/mol. The van der Waals surface area contributed by atoms with Crippen LogP contribution in [0.4, 0.5) is 39.5 Å². The summed E-state index contributed by atoms with van der Waals surface area (Å²) in [6, 6.07) is -0.442. The molecule has 0 spiro atoms.